The summed E-state index contributed by atoms with van der Waals surface area (Å²) >= 11 is 0. The molecule has 0 amide bonds. The van der Waals surface area contributed by atoms with E-state index in [9.17, 15) is 0 Å². The Bertz CT molecular complexity index is 2260. The van der Waals surface area contributed by atoms with Crippen LogP contribution in [-0.4, -0.2) is 9.97 Å². The molecule has 0 saturated carbocycles. The molecule has 52 heavy (non-hydrogen) atoms. The molecule has 0 unspecified atom stereocenters. The fourth-order valence-electron chi connectivity index (χ4n) is 6.30. The molecule has 0 bridgehead atoms. The van der Waals surface area contributed by atoms with Crippen molar-refractivity contribution in [1.82, 2.24) is 9.97 Å². The summed E-state index contributed by atoms with van der Waals surface area (Å²) in [5.41, 5.74) is 13.9. The topological polar surface area (TPSA) is 25.8 Å². The second-order valence-electron chi connectivity index (χ2n) is 12.7. The van der Waals surface area contributed by atoms with Crippen molar-refractivity contribution in [1.29, 1.82) is 0 Å². The van der Waals surface area contributed by atoms with Gasteiger partial charge in [-0.2, -0.15) is 0 Å². The fourth-order valence-corrected chi connectivity index (χ4v) is 6.30. The summed E-state index contributed by atoms with van der Waals surface area (Å²) in [5.74, 6) is 0.636. The molecule has 2 heteroatoms. The molecule has 258 valence electrons. The lowest BCUT2D eigenvalue weighted by Gasteiger charge is -2.20. The number of rotatable bonds is 10. The van der Waals surface area contributed by atoms with Crippen LogP contribution in [0.1, 0.15) is 69.1 Å². The van der Waals surface area contributed by atoms with Gasteiger partial charge in [0.2, 0.25) is 0 Å². The molecule has 1 aromatic heterocycles. The minimum atomic E-state index is 0.636. The van der Waals surface area contributed by atoms with Gasteiger partial charge < -0.3 is 0 Å². The van der Waals surface area contributed by atoms with Crippen LogP contribution in [0.2, 0.25) is 0 Å². The molecule has 0 atom stereocenters. The van der Waals surface area contributed by atoms with Gasteiger partial charge in [-0.25, -0.2) is 9.97 Å². The van der Waals surface area contributed by atoms with Gasteiger partial charge in [0.05, 0.1) is 11.2 Å². The minimum Gasteiger partial charge on any atom is -0.228 e. The Kier molecular flexibility index (Phi) is 13.0. The van der Waals surface area contributed by atoms with Gasteiger partial charge in [-0.1, -0.05) is 185 Å². The maximum Gasteiger partial charge on any atom is 0.160 e. The lowest BCUT2D eigenvalue weighted by atomic mass is 9.83. The number of benzene rings is 5. The summed E-state index contributed by atoms with van der Waals surface area (Å²) in [7, 11) is 0. The molecule has 0 spiro atoms. The third-order valence-corrected chi connectivity index (χ3v) is 8.61. The molecule has 0 saturated heterocycles. The summed E-state index contributed by atoms with van der Waals surface area (Å²) < 4.78 is 0. The lowest BCUT2D eigenvalue weighted by molar-refractivity contribution is 1.09. The third-order valence-electron chi connectivity index (χ3n) is 8.61. The first-order valence-electron chi connectivity index (χ1n) is 18.0. The summed E-state index contributed by atoms with van der Waals surface area (Å²) in [6, 6.07) is 48.3. The predicted molar refractivity (Wildman–Crippen MR) is 227 cm³/mol. The van der Waals surface area contributed by atoms with E-state index in [2.05, 4.69) is 163 Å². The number of nitrogens with zero attached hydrogens (tertiary/aromatic N) is 2. The molecule has 0 aliphatic carbocycles. The standard InChI is InChI=1S/C47H40N2.C3H8/c1-6-34(31-35(7-2)47-48-43-30-19-18-29-42(43)46(49-47)38-25-16-11-17-26-38)39-27-20-28-40(32-39)41(8-3)45(37-23-14-10-15-24-37)44(33(4)5)36-21-12-9-13-22-36;1-3-2/h6-32H,2-3H2,1,4-5H3;3H2,1-2H3/b34-6+,35-31+,45-41+;. The van der Waals surface area contributed by atoms with E-state index in [0.29, 0.717) is 5.82 Å². The molecular formula is C50H48N2. The Morgan fingerprint density at radius 2 is 1.12 bits per heavy atom. The van der Waals surface area contributed by atoms with Gasteiger partial charge in [0.25, 0.3) is 0 Å². The van der Waals surface area contributed by atoms with Crippen molar-refractivity contribution >= 4 is 38.8 Å². The highest BCUT2D eigenvalue weighted by atomic mass is 14.9. The Morgan fingerprint density at radius 3 is 1.69 bits per heavy atom. The second-order valence-corrected chi connectivity index (χ2v) is 12.7. The minimum absolute atomic E-state index is 0.636. The first kappa shape index (κ1) is 37.1. The van der Waals surface area contributed by atoms with E-state index in [1.165, 1.54) is 23.1 Å². The average Bonchev–Trinajstić information content (AvgIpc) is 3.19. The van der Waals surface area contributed by atoms with Crippen molar-refractivity contribution in [2.24, 2.45) is 0 Å². The molecule has 1 heterocycles. The third kappa shape index (κ3) is 8.60. The van der Waals surface area contributed by atoms with Gasteiger partial charge in [-0.05, 0) is 83.5 Å². The number of allylic oxidation sites excluding steroid dienone is 10. The molecule has 0 N–H and O–H groups in total. The summed E-state index contributed by atoms with van der Waals surface area (Å²) in [6.07, 6.45) is 9.34. The van der Waals surface area contributed by atoms with Crippen LogP contribution >= 0.6 is 0 Å². The Hall–Kier alpha value is -6.12. The maximum absolute atomic E-state index is 5.10. The van der Waals surface area contributed by atoms with Crippen molar-refractivity contribution < 1.29 is 0 Å². The molecule has 0 fully saturated rings. The van der Waals surface area contributed by atoms with E-state index in [1.807, 2.05) is 48.6 Å². The molecule has 6 rings (SSSR count). The quantitative estimate of drug-likeness (QED) is 0.107. The monoisotopic (exact) mass is 676 g/mol. The Labute approximate surface area is 310 Å². The van der Waals surface area contributed by atoms with Crippen molar-refractivity contribution in [3.8, 4) is 11.3 Å². The van der Waals surface area contributed by atoms with E-state index >= 15 is 0 Å². The van der Waals surface area contributed by atoms with Crippen LogP contribution in [0.15, 0.2) is 183 Å². The van der Waals surface area contributed by atoms with Crippen LogP contribution < -0.4 is 0 Å². The number of fused-ring (bicyclic) bond motifs is 1. The van der Waals surface area contributed by atoms with Crippen LogP contribution in [0.5, 0.6) is 0 Å². The lowest BCUT2D eigenvalue weighted by Crippen LogP contribution is -1.99. The molecule has 0 radical (unpaired) electrons. The van der Waals surface area contributed by atoms with Gasteiger partial charge in [0.15, 0.2) is 5.82 Å². The van der Waals surface area contributed by atoms with Crippen LogP contribution in [0, 0.1) is 0 Å². The van der Waals surface area contributed by atoms with E-state index < -0.39 is 0 Å². The smallest absolute Gasteiger partial charge is 0.160 e. The second kappa shape index (κ2) is 18.2. The fraction of sp³-hybridized carbons (Fsp3) is 0.120. The van der Waals surface area contributed by atoms with E-state index in [1.54, 1.807) is 0 Å². The van der Waals surface area contributed by atoms with Crippen LogP contribution in [0.4, 0.5) is 0 Å². The van der Waals surface area contributed by atoms with Gasteiger partial charge in [-0.3, -0.25) is 0 Å². The molecule has 0 aliphatic rings. The Balaban J connectivity index is 0.00000168. The zero-order valence-corrected chi connectivity index (χ0v) is 31.1. The first-order chi connectivity index (χ1) is 25.4. The van der Waals surface area contributed by atoms with Gasteiger partial charge >= 0.3 is 0 Å². The van der Waals surface area contributed by atoms with Gasteiger partial charge in [0.1, 0.15) is 0 Å². The van der Waals surface area contributed by atoms with Crippen LogP contribution in [0.25, 0.3) is 50.0 Å². The van der Waals surface area contributed by atoms with Gasteiger partial charge in [0, 0.05) is 16.5 Å². The summed E-state index contributed by atoms with van der Waals surface area (Å²) in [6.45, 7) is 19.2. The largest absolute Gasteiger partial charge is 0.228 e. The average molecular weight is 677 g/mol. The zero-order valence-electron chi connectivity index (χ0n) is 31.1. The Morgan fingerprint density at radius 1 is 0.577 bits per heavy atom. The number of para-hydroxylation sites is 1. The highest BCUT2D eigenvalue weighted by Gasteiger charge is 2.18. The van der Waals surface area contributed by atoms with Crippen molar-refractivity contribution in [3.05, 3.63) is 211 Å². The zero-order chi connectivity index (χ0) is 36.9. The number of hydrogen-bond donors (Lipinski definition) is 0. The molecular weight excluding hydrogens is 629 g/mol. The number of hydrogen-bond acceptors (Lipinski definition) is 2. The summed E-state index contributed by atoms with van der Waals surface area (Å²) in [4.78, 5) is 10.1. The predicted octanol–water partition coefficient (Wildman–Crippen LogP) is 14.0. The molecule has 6 aromatic rings. The summed E-state index contributed by atoms with van der Waals surface area (Å²) in [5, 5.41) is 1.02. The maximum atomic E-state index is 5.10. The van der Waals surface area contributed by atoms with E-state index in [4.69, 9.17) is 9.97 Å². The molecule has 0 aliphatic heterocycles. The van der Waals surface area contributed by atoms with Crippen molar-refractivity contribution in [3.63, 3.8) is 0 Å². The highest BCUT2D eigenvalue weighted by molar-refractivity contribution is 6.17. The van der Waals surface area contributed by atoms with Crippen molar-refractivity contribution in [2.45, 2.75) is 41.0 Å². The number of aromatic nitrogens is 2. The van der Waals surface area contributed by atoms with Gasteiger partial charge in [-0.15, -0.1) is 0 Å². The van der Waals surface area contributed by atoms with E-state index in [0.717, 1.165) is 61.1 Å². The van der Waals surface area contributed by atoms with Crippen LogP contribution in [-0.2, 0) is 0 Å². The normalized spacial score (nSPS) is 11.9. The van der Waals surface area contributed by atoms with E-state index in [-0.39, 0.29) is 0 Å². The van der Waals surface area contributed by atoms with Crippen molar-refractivity contribution in [2.75, 3.05) is 0 Å². The highest BCUT2D eigenvalue weighted by Crippen LogP contribution is 2.40. The first-order valence-corrected chi connectivity index (χ1v) is 18.0. The SMILES string of the molecule is C=C/C(=C\C(=C/C)c1cccc(/C(C=C)=C(/C(=C(C)C)c2ccccc2)c2ccccc2)c1)c1nc(-c2ccccc2)c2ccccc2n1.CCC. The molecule has 5 aromatic carbocycles. The molecule has 2 nitrogen and oxygen atoms in total. The van der Waals surface area contributed by atoms with Crippen LogP contribution in [0.3, 0.4) is 0 Å².